The molecule has 4 unspecified atom stereocenters. The predicted octanol–water partition coefficient (Wildman–Crippen LogP) is 12.2. The van der Waals surface area contributed by atoms with Crippen LogP contribution in [-0.4, -0.2) is 65.9 Å². The molecule has 0 radical (unpaired) electrons. The second-order valence-corrected chi connectivity index (χ2v) is 24.2. The van der Waals surface area contributed by atoms with Gasteiger partial charge in [-0.3, -0.25) is 19.4 Å². The van der Waals surface area contributed by atoms with Crippen molar-refractivity contribution in [1.29, 1.82) is 5.26 Å². The fourth-order valence-corrected chi connectivity index (χ4v) is 9.13. The van der Waals surface area contributed by atoms with Crippen molar-refractivity contribution in [3.63, 3.8) is 0 Å². The number of carbonyl (C=O) groups is 1. The van der Waals surface area contributed by atoms with Crippen molar-refractivity contribution in [3.8, 4) is 23.4 Å². The minimum atomic E-state index is -1.21. The topological polar surface area (TPSA) is 202 Å². The number of ether oxygens (including phenoxy) is 3. The lowest BCUT2D eigenvalue weighted by molar-refractivity contribution is -0.191. The number of hydroxylamine groups is 3. The molecule has 72 heavy (non-hydrogen) atoms. The van der Waals surface area contributed by atoms with Gasteiger partial charge in [0.25, 0.3) is 0 Å². The molecule has 0 aliphatic carbocycles. The number of ketones is 1. The van der Waals surface area contributed by atoms with Gasteiger partial charge in [0.05, 0.1) is 23.3 Å². The van der Waals surface area contributed by atoms with Gasteiger partial charge in [-0.15, -0.1) is 12.4 Å². The number of nitrogens with two attached hydrogens (primary N) is 1. The fourth-order valence-electron chi connectivity index (χ4n) is 7.58. The maximum absolute atomic E-state index is 12.1. The van der Waals surface area contributed by atoms with Gasteiger partial charge in [-0.25, -0.2) is 20.4 Å². The number of fused-ring (bicyclic) bond motifs is 4. The van der Waals surface area contributed by atoms with E-state index in [0.717, 1.165) is 58.4 Å². The third-order valence-corrected chi connectivity index (χ3v) is 13.0. The van der Waals surface area contributed by atoms with Gasteiger partial charge in [0.2, 0.25) is 17.9 Å². The highest BCUT2D eigenvalue weighted by molar-refractivity contribution is 9.11. The number of nitriles is 1. The van der Waals surface area contributed by atoms with E-state index >= 15 is 0 Å². The summed E-state index contributed by atoms with van der Waals surface area (Å²) in [6.07, 6.45) is 9.84. The van der Waals surface area contributed by atoms with Crippen molar-refractivity contribution in [1.82, 2.24) is 20.5 Å². The van der Waals surface area contributed by atoms with E-state index in [9.17, 15) is 4.79 Å². The summed E-state index contributed by atoms with van der Waals surface area (Å²) in [7, 11) is 1.97. The highest BCUT2D eigenvalue weighted by Crippen LogP contribution is 2.50. The number of hydrogen-bond acceptors (Lipinski definition) is 15. The lowest BCUT2D eigenvalue weighted by Gasteiger charge is -2.37. The van der Waals surface area contributed by atoms with Crippen LogP contribution in [0.5, 0.6) is 17.2 Å². The van der Waals surface area contributed by atoms with Crippen molar-refractivity contribution in [2.24, 2.45) is 20.4 Å². The summed E-state index contributed by atoms with van der Waals surface area (Å²) in [5, 5.41) is 17.7. The number of rotatable bonds is 4. The Balaban J connectivity index is 0.000000183. The zero-order chi connectivity index (χ0) is 51.1. The number of Topliss-reactive ketones (excluding diaryl/α,β-unsaturated/α-hetero) is 1. The molecule has 4 aromatic carbocycles. The maximum Gasteiger partial charge on any atom is 0.222 e. The van der Waals surface area contributed by atoms with Crippen LogP contribution in [0.2, 0.25) is 19.6 Å². The first-order chi connectivity index (χ1) is 34.1. The van der Waals surface area contributed by atoms with Crippen molar-refractivity contribution >= 4 is 91.8 Å². The van der Waals surface area contributed by atoms with Crippen molar-refractivity contribution in [3.05, 3.63) is 187 Å². The van der Waals surface area contributed by atoms with Crippen LogP contribution in [0.1, 0.15) is 75.7 Å². The van der Waals surface area contributed by atoms with E-state index in [1.807, 2.05) is 115 Å². The molecule has 0 saturated heterocycles. The summed E-state index contributed by atoms with van der Waals surface area (Å²) in [4.78, 5) is 35.0. The second kappa shape index (κ2) is 26.6. The number of benzene rings is 4. The van der Waals surface area contributed by atoms with Crippen LogP contribution in [-0.2, 0) is 10.6 Å². The van der Waals surface area contributed by atoms with Crippen LogP contribution >= 0.6 is 60.2 Å². The Morgan fingerprint density at radius 1 is 0.792 bits per heavy atom. The molecule has 0 saturated carbocycles. The molecular weight excluding hydrogens is 1150 g/mol. The number of guanidine groups is 1. The average molecular weight is 1200 g/mol. The summed E-state index contributed by atoms with van der Waals surface area (Å²) in [6.45, 7) is 9.82. The normalized spacial score (nSPS) is 19.3. The number of pyridine rings is 2. The molecule has 1 spiro atoms. The number of hydrogen-bond donors (Lipinski definition) is 3. The Bertz CT molecular complexity index is 2940. The Morgan fingerprint density at radius 3 is 1.82 bits per heavy atom. The second-order valence-electron chi connectivity index (χ2n) is 16.9. The van der Waals surface area contributed by atoms with Crippen LogP contribution in [0.4, 0.5) is 0 Å². The minimum absolute atomic E-state index is 0. The van der Waals surface area contributed by atoms with Crippen LogP contribution in [0.15, 0.2) is 169 Å². The third kappa shape index (κ3) is 15.2. The van der Waals surface area contributed by atoms with Gasteiger partial charge in [0.1, 0.15) is 35.6 Å². The number of halogens is 4. The molecule has 0 fully saturated rings. The zero-order valence-electron chi connectivity index (χ0n) is 40.0. The molecule has 4 atom stereocenters. The summed E-state index contributed by atoms with van der Waals surface area (Å²) in [6, 6.07) is 34.6. The molecule has 2 aromatic heterocycles. The molecular formula is C52H53Br3ClN9O6Si. The van der Waals surface area contributed by atoms with E-state index in [1.165, 1.54) is 12.1 Å². The van der Waals surface area contributed by atoms with E-state index in [0.29, 0.717) is 36.5 Å². The SMILES string of the molecule is C=C=N[Si](C)(C)C.CN1OC2(CC(c3cccnc3)Oc3ccc(Br)cc32)N=C1N.CNO.Cl.N#CN=C1CC(c2cccnc2)Oc2ccc(Br)cc21.O=C1CC(c2ccccc2)Oc2ccc(Br)cc21. The molecule has 4 aliphatic rings. The Morgan fingerprint density at radius 2 is 1.31 bits per heavy atom. The largest absolute Gasteiger partial charge is 0.485 e. The third-order valence-electron chi connectivity index (χ3n) is 10.7. The first kappa shape index (κ1) is 56.9. The summed E-state index contributed by atoms with van der Waals surface area (Å²) >= 11 is 10.3. The highest BCUT2D eigenvalue weighted by Gasteiger charge is 2.49. The summed E-state index contributed by atoms with van der Waals surface area (Å²) in [5.74, 6) is 5.17. The van der Waals surface area contributed by atoms with E-state index in [-0.39, 0.29) is 36.5 Å². The van der Waals surface area contributed by atoms with Crippen molar-refractivity contribution in [2.45, 2.75) is 62.9 Å². The fraction of sp³-hybridized carbons (Fsp3) is 0.231. The van der Waals surface area contributed by atoms with Gasteiger partial charge in [0.15, 0.2) is 14.0 Å². The Hall–Kier alpha value is -6.04. The molecule has 6 aromatic rings. The highest BCUT2D eigenvalue weighted by atomic mass is 79.9. The van der Waals surface area contributed by atoms with Crippen LogP contribution in [0.3, 0.4) is 0 Å². The zero-order valence-corrected chi connectivity index (χ0v) is 46.6. The van der Waals surface area contributed by atoms with E-state index in [1.54, 1.807) is 37.3 Å². The smallest absolute Gasteiger partial charge is 0.222 e. The van der Waals surface area contributed by atoms with E-state index in [2.05, 4.69) is 104 Å². The Kier molecular flexibility index (Phi) is 21.0. The van der Waals surface area contributed by atoms with Gasteiger partial charge >= 0.3 is 0 Å². The van der Waals surface area contributed by atoms with E-state index in [4.69, 9.17) is 35.3 Å². The molecule has 374 valence electrons. The van der Waals surface area contributed by atoms with Gasteiger partial charge in [0, 0.05) is 81.8 Å². The molecule has 0 bridgehead atoms. The van der Waals surface area contributed by atoms with Gasteiger partial charge in [-0.1, -0.05) is 90.3 Å². The monoisotopic (exact) mass is 1200 g/mol. The molecule has 4 aliphatic heterocycles. The lowest BCUT2D eigenvalue weighted by Crippen LogP contribution is -2.36. The van der Waals surface area contributed by atoms with Crippen molar-refractivity contribution < 1.29 is 29.0 Å². The molecule has 15 nitrogen and oxygen atoms in total. The van der Waals surface area contributed by atoms with Crippen LogP contribution < -0.4 is 25.4 Å². The summed E-state index contributed by atoms with van der Waals surface area (Å²) in [5.41, 5.74) is 12.9. The molecule has 4 N–H and O–H groups in total. The first-order valence-electron chi connectivity index (χ1n) is 22.1. The number of carbonyl (C=O) groups excluding carboxylic acids is 1. The van der Waals surface area contributed by atoms with E-state index < -0.39 is 14.0 Å². The van der Waals surface area contributed by atoms with Crippen molar-refractivity contribution in [2.75, 3.05) is 14.1 Å². The summed E-state index contributed by atoms with van der Waals surface area (Å²) < 4.78 is 24.9. The predicted molar refractivity (Wildman–Crippen MR) is 294 cm³/mol. The molecule has 10 rings (SSSR count). The molecule has 20 heteroatoms. The standard InChI is InChI=1S/C16H15BrN4O2.C15H10BrN3O.C15H11BrO2.C5H11NSi.CH5NO.ClH/c1-21-15(18)20-16(23-21)8-14(10-3-2-6-19-9-10)22-13-5-4-11(17)7-12(13)16;16-11-3-4-14-12(6-11)13(19-9-17)7-15(20-14)10-2-1-5-18-8-10;16-11-6-7-14-12(8-11)13(17)9-15(18-14)10-4-2-1-3-5-10;1-5-6-7(2,3)4;1-2-3;/h2-7,9,14H,8H2,1H3,(H2,18,20);1-6,8,15H,7H2;1-8,15H,9H2;1H2,2-4H3;2-3H,1H3;1H. The number of nitrogens with zero attached hydrogens (tertiary/aromatic N) is 7. The first-order valence-corrected chi connectivity index (χ1v) is 28.0. The van der Waals surface area contributed by atoms with Crippen LogP contribution in [0, 0.1) is 11.5 Å². The quantitative estimate of drug-likeness (QED) is 0.0653. The molecule has 0 amide bonds. The molecule has 6 heterocycles. The van der Waals surface area contributed by atoms with Gasteiger partial charge < -0.3 is 25.2 Å². The number of aliphatic imine (C=N–C) groups is 2. The number of nitrogens with one attached hydrogen (secondary N) is 1. The van der Waals surface area contributed by atoms with Crippen LogP contribution in [0.25, 0.3) is 0 Å². The average Bonchev–Trinajstić information content (AvgIpc) is 3.64. The maximum atomic E-state index is 12.1. The lowest BCUT2D eigenvalue weighted by atomic mass is 9.90. The van der Waals surface area contributed by atoms with Gasteiger partial charge in [-0.05, 0) is 104 Å². The van der Waals surface area contributed by atoms with Gasteiger partial charge in [-0.2, -0.15) is 10.3 Å². The Labute approximate surface area is 451 Å². The number of aromatic nitrogens is 2. The minimum Gasteiger partial charge on any atom is -0.485 e.